The fraction of sp³-hybridized carbons (Fsp3) is 0.333. The third kappa shape index (κ3) is 2.01. The molecule has 5 nitrogen and oxygen atoms in total. The molecule has 1 aliphatic heterocycles. The fourth-order valence-electron chi connectivity index (χ4n) is 1.99. The SMILES string of the molecule is O=C1NCCN[C@H]1Cc1nc2ccccc2o1. The number of rotatable bonds is 2. The Labute approximate surface area is 98.2 Å². The van der Waals surface area contributed by atoms with E-state index in [9.17, 15) is 4.79 Å². The van der Waals surface area contributed by atoms with Crippen LogP contribution in [0.2, 0.25) is 0 Å². The predicted octanol–water partition coefficient (Wildman–Crippen LogP) is 0.458. The molecule has 1 fully saturated rings. The highest BCUT2D eigenvalue weighted by atomic mass is 16.3. The lowest BCUT2D eigenvalue weighted by molar-refractivity contribution is -0.124. The molecule has 1 aromatic carbocycles. The van der Waals surface area contributed by atoms with E-state index in [1.54, 1.807) is 0 Å². The van der Waals surface area contributed by atoms with Crippen molar-refractivity contribution in [1.82, 2.24) is 15.6 Å². The van der Waals surface area contributed by atoms with E-state index in [-0.39, 0.29) is 11.9 Å². The summed E-state index contributed by atoms with van der Waals surface area (Å²) in [6.07, 6.45) is 0.487. The minimum absolute atomic E-state index is 0.0125. The summed E-state index contributed by atoms with van der Waals surface area (Å²) in [6, 6.07) is 7.36. The molecule has 5 heteroatoms. The first-order valence-electron chi connectivity index (χ1n) is 5.68. The van der Waals surface area contributed by atoms with Crippen molar-refractivity contribution in [1.29, 1.82) is 0 Å². The highest BCUT2D eigenvalue weighted by molar-refractivity contribution is 5.82. The lowest BCUT2D eigenvalue weighted by atomic mass is 10.1. The van der Waals surface area contributed by atoms with E-state index in [0.717, 1.165) is 17.6 Å². The average Bonchev–Trinajstić information content (AvgIpc) is 2.74. The van der Waals surface area contributed by atoms with Gasteiger partial charge in [0.15, 0.2) is 11.5 Å². The van der Waals surface area contributed by atoms with Gasteiger partial charge in [-0.05, 0) is 12.1 Å². The van der Waals surface area contributed by atoms with Crippen LogP contribution in [0, 0.1) is 0 Å². The van der Waals surface area contributed by atoms with Crippen LogP contribution in [0.4, 0.5) is 0 Å². The first-order chi connectivity index (χ1) is 8.33. The van der Waals surface area contributed by atoms with Crippen molar-refractivity contribution in [3.8, 4) is 0 Å². The lowest BCUT2D eigenvalue weighted by Gasteiger charge is -2.22. The van der Waals surface area contributed by atoms with Crippen LogP contribution < -0.4 is 10.6 Å². The number of fused-ring (bicyclic) bond motifs is 1. The molecule has 2 N–H and O–H groups in total. The van der Waals surface area contributed by atoms with E-state index >= 15 is 0 Å². The number of oxazole rings is 1. The number of carbonyl (C=O) groups is 1. The second kappa shape index (κ2) is 4.18. The molecule has 2 aromatic rings. The van der Waals surface area contributed by atoms with Crippen LogP contribution >= 0.6 is 0 Å². The smallest absolute Gasteiger partial charge is 0.237 e. The number of nitrogens with one attached hydrogen (secondary N) is 2. The van der Waals surface area contributed by atoms with E-state index in [1.165, 1.54) is 0 Å². The fourth-order valence-corrected chi connectivity index (χ4v) is 1.99. The summed E-state index contributed by atoms with van der Waals surface area (Å²) in [5, 5.41) is 5.96. The maximum Gasteiger partial charge on any atom is 0.237 e. The number of carbonyl (C=O) groups excluding carboxylic acids is 1. The van der Waals surface area contributed by atoms with Crippen molar-refractivity contribution in [2.75, 3.05) is 13.1 Å². The van der Waals surface area contributed by atoms with Crippen molar-refractivity contribution >= 4 is 17.0 Å². The molecule has 0 saturated carbocycles. The first-order valence-corrected chi connectivity index (χ1v) is 5.68. The molecule has 17 heavy (non-hydrogen) atoms. The van der Waals surface area contributed by atoms with Crippen LogP contribution in [0.25, 0.3) is 11.1 Å². The van der Waals surface area contributed by atoms with Gasteiger partial charge >= 0.3 is 0 Å². The number of para-hydroxylation sites is 2. The second-order valence-corrected chi connectivity index (χ2v) is 4.08. The van der Waals surface area contributed by atoms with Gasteiger partial charge in [0.1, 0.15) is 5.52 Å². The first kappa shape index (κ1) is 10.3. The number of hydrogen-bond acceptors (Lipinski definition) is 4. The minimum atomic E-state index is -0.239. The maximum absolute atomic E-state index is 11.6. The summed E-state index contributed by atoms with van der Waals surface area (Å²) in [7, 11) is 0. The topological polar surface area (TPSA) is 67.2 Å². The van der Waals surface area contributed by atoms with Gasteiger partial charge in [0.25, 0.3) is 0 Å². The Morgan fingerprint density at radius 2 is 2.24 bits per heavy atom. The van der Waals surface area contributed by atoms with Gasteiger partial charge < -0.3 is 15.1 Å². The van der Waals surface area contributed by atoms with Gasteiger partial charge in [0.05, 0.1) is 6.04 Å². The molecular weight excluding hydrogens is 218 g/mol. The van der Waals surface area contributed by atoms with Crippen LogP contribution in [0.3, 0.4) is 0 Å². The second-order valence-electron chi connectivity index (χ2n) is 4.08. The van der Waals surface area contributed by atoms with Crippen molar-refractivity contribution < 1.29 is 9.21 Å². The maximum atomic E-state index is 11.6. The zero-order chi connectivity index (χ0) is 11.7. The summed E-state index contributed by atoms with van der Waals surface area (Å²) in [5.74, 6) is 0.610. The Bertz CT molecular complexity index is 516. The van der Waals surface area contributed by atoms with Gasteiger partial charge in [0, 0.05) is 19.5 Å². The Hall–Kier alpha value is -1.88. The van der Waals surface area contributed by atoms with E-state index < -0.39 is 0 Å². The van der Waals surface area contributed by atoms with E-state index in [4.69, 9.17) is 4.42 Å². The zero-order valence-electron chi connectivity index (χ0n) is 9.27. The van der Waals surface area contributed by atoms with Crippen molar-refractivity contribution in [3.63, 3.8) is 0 Å². The van der Waals surface area contributed by atoms with Gasteiger partial charge in [-0.3, -0.25) is 4.79 Å². The van der Waals surface area contributed by atoms with Gasteiger partial charge in [-0.15, -0.1) is 0 Å². The molecular formula is C12H13N3O2. The normalized spacial score (nSPS) is 20.5. The van der Waals surface area contributed by atoms with E-state index in [2.05, 4.69) is 15.6 Å². The molecule has 1 atom stereocenters. The molecule has 0 spiro atoms. The number of aromatic nitrogens is 1. The molecule has 3 rings (SSSR count). The molecule has 1 aromatic heterocycles. The quantitative estimate of drug-likeness (QED) is 0.788. The van der Waals surface area contributed by atoms with Gasteiger partial charge in [-0.2, -0.15) is 0 Å². The summed E-state index contributed by atoms with van der Waals surface area (Å²) in [6.45, 7) is 1.47. The molecule has 0 unspecified atom stereocenters. The van der Waals surface area contributed by atoms with Crippen LogP contribution in [0.1, 0.15) is 5.89 Å². The average molecular weight is 231 g/mol. The Kier molecular flexibility index (Phi) is 2.53. The summed E-state index contributed by atoms with van der Waals surface area (Å²) in [4.78, 5) is 15.9. The lowest BCUT2D eigenvalue weighted by Crippen LogP contribution is -2.53. The Balaban J connectivity index is 1.82. The Morgan fingerprint density at radius 3 is 3.06 bits per heavy atom. The molecule has 1 saturated heterocycles. The monoisotopic (exact) mass is 231 g/mol. The van der Waals surface area contributed by atoms with Crippen LogP contribution in [-0.2, 0) is 11.2 Å². The number of amides is 1. The molecule has 0 aliphatic carbocycles. The van der Waals surface area contributed by atoms with Crippen molar-refractivity contribution in [3.05, 3.63) is 30.2 Å². The number of hydrogen-bond donors (Lipinski definition) is 2. The van der Waals surface area contributed by atoms with Crippen LogP contribution in [0.5, 0.6) is 0 Å². The summed E-state index contributed by atoms with van der Waals surface area (Å²) < 4.78 is 5.59. The number of benzene rings is 1. The van der Waals surface area contributed by atoms with Gasteiger partial charge in [-0.25, -0.2) is 4.98 Å². The van der Waals surface area contributed by atoms with Crippen molar-refractivity contribution in [2.24, 2.45) is 0 Å². The third-order valence-corrected chi connectivity index (χ3v) is 2.85. The van der Waals surface area contributed by atoms with Gasteiger partial charge in [-0.1, -0.05) is 12.1 Å². The molecule has 0 radical (unpaired) electrons. The van der Waals surface area contributed by atoms with Crippen LogP contribution in [-0.4, -0.2) is 30.0 Å². The third-order valence-electron chi connectivity index (χ3n) is 2.85. The van der Waals surface area contributed by atoms with Gasteiger partial charge in [0.2, 0.25) is 5.91 Å². The summed E-state index contributed by atoms with van der Waals surface area (Å²) in [5.41, 5.74) is 1.59. The molecule has 88 valence electrons. The zero-order valence-corrected chi connectivity index (χ0v) is 9.27. The number of nitrogens with zero attached hydrogens (tertiary/aromatic N) is 1. The molecule has 0 bridgehead atoms. The molecule has 1 aliphatic rings. The number of piperazine rings is 1. The predicted molar refractivity (Wildman–Crippen MR) is 62.5 cm³/mol. The molecule has 1 amide bonds. The van der Waals surface area contributed by atoms with Crippen molar-refractivity contribution in [2.45, 2.75) is 12.5 Å². The molecule has 2 heterocycles. The highest BCUT2D eigenvalue weighted by Gasteiger charge is 2.23. The summed E-state index contributed by atoms with van der Waals surface area (Å²) >= 11 is 0. The minimum Gasteiger partial charge on any atom is -0.441 e. The van der Waals surface area contributed by atoms with E-state index in [1.807, 2.05) is 24.3 Å². The van der Waals surface area contributed by atoms with E-state index in [0.29, 0.717) is 18.9 Å². The standard InChI is InChI=1S/C12H13N3O2/c16-12-9(13-5-6-14-12)7-11-15-8-3-1-2-4-10(8)17-11/h1-4,9,13H,5-7H2,(H,14,16)/t9-/m0/s1. The largest absolute Gasteiger partial charge is 0.441 e. The Morgan fingerprint density at radius 1 is 1.35 bits per heavy atom. The highest BCUT2D eigenvalue weighted by Crippen LogP contribution is 2.15. The van der Waals surface area contributed by atoms with Crippen LogP contribution in [0.15, 0.2) is 28.7 Å².